The summed E-state index contributed by atoms with van der Waals surface area (Å²) in [4.78, 5) is 5.70. The van der Waals surface area contributed by atoms with Crippen LogP contribution in [0.5, 0.6) is 0 Å². The average molecular weight is 308 g/mol. The minimum Gasteiger partial charge on any atom is -0.392 e. The van der Waals surface area contributed by atoms with E-state index in [0.717, 1.165) is 17.5 Å². The summed E-state index contributed by atoms with van der Waals surface area (Å²) in [5.74, 6) is 1.04. The van der Waals surface area contributed by atoms with E-state index in [1.807, 2.05) is 0 Å². The van der Waals surface area contributed by atoms with Crippen LogP contribution in [-0.4, -0.2) is 17.1 Å². The van der Waals surface area contributed by atoms with Crippen LogP contribution in [0.25, 0.3) is 0 Å². The molecule has 1 aromatic rings. The number of alkyl halides is 1. The van der Waals surface area contributed by atoms with Crippen LogP contribution in [0.4, 0.5) is 0 Å². The minimum atomic E-state index is 0.326. The van der Waals surface area contributed by atoms with E-state index >= 15 is 0 Å². The standard InChI is InChI=1S/C15H18BrNO/c16-10-13-15(11-6-2-1-3-7-11)12-8-4-5-9-14(12)18-17-13/h1-3,6-7,12,14-15H,4-5,8-10H2/t12-,14+,15+/m1/s1. The van der Waals surface area contributed by atoms with Crippen LogP contribution in [0.1, 0.15) is 37.2 Å². The van der Waals surface area contributed by atoms with Crippen molar-refractivity contribution in [1.29, 1.82) is 0 Å². The van der Waals surface area contributed by atoms with Gasteiger partial charge in [0.25, 0.3) is 0 Å². The van der Waals surface area contributed by atoms with Crippen LogP contribution >= 0.6 is 15.9 Å². The second kappa shape index (κ2) is 5.43. The van der Waals surface area contributed by atoms with E-state index in [-0.39, 0.29) is 0 Å². The molecule has 0 radical (unpaired) electrons. The molecule has 0 bridgehead atoms. The molecule has 3 rings (SSSR count). The third-order valence-electron chi connectivity index (χ3n) is 4.14. The van der Waals surface area contributed by atoms with E-state index in [1.54, 1.807) is 0 Å². The number of oxime groups is 1. The lowest BCUT2D eigenvalue weighted by atomic mass is 9.72. The van der Waals surface area contributed by atoms with Crippen LogP contribution in [0.2, 0.25) is 0 Å². The molecule has 0 aromatic heterocycles. The number of nitrogens with zero attached hydrogens (tertiary/aromatic N) is 1. The molecule has 1 heterocycles. The zero-order valence-electron chi connectivity index (χ0n) is 10.4. The summed E-state index contributed by atoms with van der Waals surface area (Å²) >= 11 is 3.55. The Bertz CT molecular complexity index is 431. The lowest BCUT2D eigenvalue weighted by molar-refractivity contribution is -0.0245. The van der Waals surface area contributed by atoms with Crippen LogP contribution in [0, 0.1) is 5.92 Å². The Morgan fingerprint density at radius 2 is 1.94 bits per heavy atom. The monoisotopic (exact) mass is 307 g/mol. The maximum atomic E-state index is 5.70. The Hall–Kier alpha value is -0.830. The van der Waals surface area contributed by atoms with Gasteiger partial charge in [-0.25, -0.2) is 0 Å². The third kappa shape index (κ3) is 2.20. The number of halogens is 1. The van der Waals surface area contributed by atoms with Crippen molar-refractivity contribution in [1.82, 2.24) is 0 Å². The largest absolute Gasteiger partial charge is 0.392 e. The van der Waals surface area contributed by atoms with Crippen molar-refractivity contribution >= 4 is 21.6 Å². The molecule has 1 aliphatic heterocycles. The van der Waals surface area contributed by atoms with Crippen LogP contribution in [0.3, 0.4) is 0 Å². The molecular formula is C15H18BrNO. The molecule has 2 aliphatic rings. The highest BCUT2D eigenvalue weighted by Gasteiger charge is 2.39. The van der Waals surface area contributed by atoms with Crippen molar-refractivity contribution < 1.29 is 4.84 Å². The number of hydrogen-bond acceptors (Lipinski definition) is 2. The summed E-state index contributed by atoms with van der Waals surface area (Å²) in [5.41, 5.74) is 2.53. The maximum absolute atomic E-state index is 5.70. The first-order chi connectivity index (χ1) is 8.90. The maximum Gasteiger partial charge on any atom is 0.131 e. The number of rotatable bonds is 2. The summed E-state index contributed by atoms with van der Waals surface area (Å²) in [6.07, 6.45) is 5.35. The summed E-state index contributed by atoms with van der Waals surface area (Å²) < 4.78 is 0. The fourth-order valence-corrected chi connectivity index (χ4v) is 3.74. The molecule has 0 amide bonds. The Balaban J connectivity index is 1.96. The normalized spacial score (nSPS) is 31.2. The van der Waals surface area contributed by atoms with Crippen molar-refractivity contribution in [3.8, 4) is 0 Å². The highest BCUT2D eigenvalue weighted by Crippen LogP contribution is 2.41. The van der Waals surface area contributed by atoms with Crippen LogP contribution in [-0.2, 0) is 4.84 Å². The number of fused-ring (bicyclic) bond motifs is 1. The lowest BCUT2D eigenvalue weighted by Gasteiger charge is -2.39. The highest BCUT2D eigenvalue weighted by molar-refractivity contribution is 9.09. The van der Waals surface area contributed by atoms with Gasteiger partial charge in [-0.2, -0.15) is 0 Å². The number of hydrogen-bond donors (Lipinski definition) is 0. The van der Waals surface area contributed by atoms with Crippen molar-refractivity contribution in [2.45, 2.75) is 37.7 Å². The van der Waals surface area contributed by atoms with E-state index in [1.165, 1.54) is 24.8 Å². The van der Waals surface area contributed by atoms with Crippen molar-refractivity contribution in [3.05, 3.63) is 35.9 Å². The molecule has 0 N–H and O–H groups in total. The molecular weight excluding hydrogens is 290 g/mol. The molecule has 0 saturated heterocycles. The van der Waals surface area contributed by atoms with Gasteiger partial charge in [0, 0.05) is 17.2 Å². The first-order valence-corrected chi connectivity index (χ1v) is 7.86. The molecule has 2 nitrogen and oxygen atoms in total. The van der Waals surface area contributed by atoms with E-state index in [9.17, 15) is 0 Å². The van der Waals surface area contributed by atoms with Gasteiger partial charge in [0.05, 0.1) is 5.71 Å². The van der Waals surface area contributed by atoms with Crippen LogP contribution < -0.4 is 0 Å². The Morgan fingerprint density at radius 1 is 1.17 bits per heavy atom. The molecule has 0 unspecified atom stereocenters. The molecule has 18 heavy (non-hydrogen) atoms. The summed E-state index contributed by atoms with van der Waals surface area (Å²) in [7, 11) is 0. The summed E-state index contributed by atoms with van der Waals surface area (Å²) in [5, 5.41) is 5.16. The van der Waals surface area contributed by atoms with Crippen molar-refractivity contribution in [3.63, 3.8) is 0 Å². The van der Waals surface area contributed by atoms with E-state index < -0.39 is 0 Å². The highest BCUT2D eigenvalue weighted by atomic mass is 79.9. The average Bonchev–Trinajstić information content (AvgIpc) is 2.47. The van der Waals surface area contributed by atoms with Gasteiger partial charge in [-0.15, -0.1) is 0 Å². The Kier molecular flexibility index (Phi) is 3.69. The molecule has 3 atom stereocenters. The van der Waals surface area contributed by atoms with Gasteiger partial charge in [0.2, 0.25) is 0 Å². The van der Waals surface area contributed by atoms with Crippen molar-refractivity contribution in [2.75, 3.05) is 5.33 Å². The zero-order valence-corrected chi connectivity index (χ0v) is 12.0. The summed E-state index contributed by atoms with van der Waals surface area (Å²) in [6.45, 7) is 0. The van der Waals surface area contributed by atoms with Crippen LogP contribution in [0.15, 0.2) is 35.5 Å². The van der Waals surface area contributed by atoms with E-state index in [2.05, 4.69) is 51.4 Å². The molecule has 1 fully saturated rings. The fourth-order valence-electron chi connectivity index (χ4n) is 3.28. The molecule has 1 saturated carbocycles. The predicted octanol–water partition coefficient (Wildman–Crippen LogP) is 4.11. The molecule has 1 aliphatic carbocycles. The lowest BCUT2D eigenvalue weighted by Crippen LogP contribution is -2.39. The Labute approximate surface area is 117 Å². The van der Waals surface area contributed by atoms with E-state index in [4.69, 9.17) is 4.84 Å². The van der Waals surface area contributed by atoms with Gasteiger partial charge in [0.1, 0.15) is 6.10 Å². The molecule has 3 heteroatoms. The second-order valence-electron chi connectivity index (χ2n) is 5.20. The third-order valence-corrected chi connectivity index (χ3v) is 4.72. The SMILES string of the molecule is BrCC1=NO[C@H]2CCCC[C@H]2[C@@H]1c1ccccc1. The van der Waals surface area contributed by atoms with E-state index in [0.29, 0.717) is 17.9 Å². The Morgan fingerprint density at radius 3 is 2.72 bits per heavy atom. The molecule has 96 valence electrons. The van der Waals surface area contributed by atoms with Gasteiger partial charge in [0.15, 0.2) is 0 Å². The fraction of sp³-hybridized carbons (Fsp3) is 0.533. The van der Waals surface area contributed by atoms with Gasteiger partial charge in [-0.05, 0) is 24.8 Å². The topological polar surface area (TPSA) is 21.6 Å². The number of benzene rings is 1. The van der Waals surface area contributed by atoms with Gasteiger partial charge < -0.3 is 4.84 Å². The first kappa shape index (κ1) is 12.2. The van der Waals surface area contributed by atoms with Gasteiger partial charge >= 0.3 is 0 Å². The second-order valence-corrected chi connectivity index (χ2v) is 5.76. The molecule has 0 spiro atoms. The zero-order chi connectivity index (χ0) is 12.4. The predicted molar refractivity (Wildman–Crippen MR) is 77.2 cm³/mol. The summed E-state index contributed by atoms with van der Waals surface area (Å²) in [6, 6.07) is 10.8. The van der Waals surface area contributed by atoms with Gasteiger partial charge in [-0.1, -0.05) is 57.8 Å². The quantitative estimate of drug-likeness (QED) is 0.753. The molecule has 1 aromatic carbocycles. The smallest absolute Gasteiger partial charge is 0.131 e. The first-order valence-electron chi connectivity index (χ1n) is 6.73. The van der Waals surface area contributed by atoms with Crippen molar-refractivity contribution in [2.24, 2.45) is 11.1 Å². The van der Waals surface area contributed by atoms with Gasteiger partial charge in [-0.3, -0.25) is 0 Å². The minimum absolute atomic E-state index is 0.326.